The number of furan rings is 1. The highest BCUT2D eigenvalue weighted by molar-refractivity contribution is 6.88. The number of aromatic nitrogens is 1. The van der Waals surface area contributed by atoms with E-state index in [0.717, 1.165) is 38.5 Å². The molecule has 2 aromatic heterocycles. The van der Waals surface area contributed by atoms with Crippen molar-refractivity contribution in [3.05, 3.63) is 59.7 Å². The normalized spacial score (nSPS) is 12.2. The van der Waals surface area contributed by atoms with Gasteiger partial charge in [0.2, 0.25) is 0 Å². The van der Waals surface area contributed by atoms with E-state index in [2.05, 4.69) is 76.0 Å². The maximum absolute atomic E-state index is 6.39. The average Bonchev–Trinajstić information content (AvgIpc) is 2.99. The Kier molecular flexibility index (Phi) is 3.58. The Morgan fingerprint density at radius 3 is 2.20 bits per heavy atom. The number of benzene rings is 2. The van der Waals surface area contributed by atoms with Crippen LogP contribution >= 0.6 is 0 Å². The average molecular weight is 346 g/mol. The third-order valence-corrected chi connectivity index (χ3v) is 6.33. The highest BCUT2D eigenvalue weighted by Crippen LogP contribution is 2.34. The zero-order valence-corrected chi connectivity index (χ0v) is 16.5. The molecule has 3 heteroatoms. The quantitative estimate of drug-likeness (QED) is 0.428. The minimum Gasteiger partial charge on any atom is -0.465 e. The van der Waals surface area contributed by atoms with Gasteiger partial charge in [0.1, 0.15) is 13.7 Å². The SMILES string of the molecule is Cc1cc(C)cc(-c2nc3ccccc3c3oc([Si](C)(C)C)cc23)c1. The predicted molar refractivity (Wildman–Crippen MR) is 109 cm³/mol. The van der Waals surface area contributed by atoms with Gasteiger partial charge in [-0.25, -0.2) is 4.98 Å². The first-order valence-electron chi connectivity index (χ1n) is 8.74. The first-order valence-corrected chi connectivity index (χ1v) is 12.2. The summed E-state index contributed by atoms with van der Waals surface area (Å²) in [6.07, 6.45) is 0. The van der Waals surface area contributed by atoms with Crippen LogP contribution in [0.3, 0.4) is 0 Å². The molecule has 0 saturated heterocycles. The maximum atomic E-state index is 6.39. The van der Waals surface area contributed by atoms with Crippen molar-refractivity contribution < 1.29 is 4.42 Å². The lowest BCUT2D eigenvalue weighted by Gasteiger charge is -2.10. The second-order valence-electron chi connectivity index (χ2n) is 7.96. The van der Waals surface area contributed by atoms with Gasteiger partial charge in [-0.1, -0.05) is 49.0 Å². The van der Waals surface area contributed by atoms with Crippen molar-refractivity contribution in [3.8, 4) is 11.3 Å². The van der Waals surface area contributed by atoms with Crippen LogP contribution in [-0.2, 0) is 0 Å². The van der Waals surface area contributed by atoms with Crippen LogP contribution in [0.25, 0.3) is 33.1 Å². The second-order valence-corrected chi connectivity index (χ2v) is 13.0. The lowest BCUT2D eigenvalue weighted by Crippen LogP contribution is -2.36. The van der Waals surface area contributed by atoms with Crippen molar-refractivity contribution in [1.82, 2.24) is 4.98 Å². The standard InChI is InChI=1S/C22H23NOSi/c1-14-10-15(2)12-16(11-14)21-18-13-20(25(3,4)5)24-22(18)17-8-6-7-9-19(17)23-21/h6-13H,1-5H3. The Balaban J connectivity index is 2.13. The molecule has 0 bridgehead atoms. The monoisotopic (exact) mass is 345 g/mol. The number of hydrogen-bond donors (Lipinski definition) is 0. The van der Waals surface area contributed by atoms with Gasteiger partial charge in [0, 0.05) is 16.3 Å². The summed E-state index contributed by atoms with van der Waals surface area (Å²) in [5.41, 5.74) is 6.65. The van der Waals surface area contributed by atoms with Crippen molar-refractivity contribution in [2.75, 3.05) is 0 Å². The van der Waals surface area contributed by atoms with E-state index in [4.69, 9.17) is 9.40 Å². The van der Waals surface area contributed by atoms with Crippen molar-refractivity contribution >= 4 is 35.3 Å². The molecule has 0 fully saturated rings. The van der Waals surface area contributed by atoms with Gasteiger partial charge in [-0.15, -0.1) is 0 Å². The van der Waals surface area contributed by atoms with Crippen LogP contribution in [0.5, 0.6) is 0 Å². The van der Waals surface area contributed by atoms with Crippen LogP contribution in [0.1, 0.15) is 11.1 Å². The van der Waals surface area contributed by atoms with Crippen LogP contribution in [0, 0.1) is 13.8 Å². The molecule has 25 heavy (non-hydrogen) atoms. The Hall–Kier alpha value is -2.39. The van der Waals surface area contributed by atoms with Crippen molar-refractivity contribution in [2.24, 2.45) is 0 Å². The maximum Gasteiger partial charge on any atom is 0.145 e. The summed E-state index contributed by atoms with van der Waals surface area (Å²) in [6, 6.07) is 17.1. The molecule has 0 spiro atoms. The largest absolute Gasteiger partial charge is 0.465 e. The van der Waals surface area contributed by atoms with E-state index in [-0.39, 0.29) is 0 Å². The van der Waals surface area contributed by atoms with Gasteiger partial charge < -0.3 is 4.42 Å². The van der Waals surface area contributed by atoms with Crippen molar-refractivity contribution in [3.63, 3.8) is 0 Å². The van der Waals surface area contributed by atoms with Crippen LogP contribution in [-0.4, -0.2) is 13.1 Å². The summed E-state index contributed by atoms with van der Waals surface area (Å²) in [7, 11) is -1.54. The Morgan fingerprint density at radius 2 is 1.52 bits per heavy atom. The summed E-state index contributed by atoms with van der Waals surface area (Å²) in [5, 5.41) is 3.35. The van der Waals surface area contributed by atoms with Gasteiger partial charge in [0.25, 0.3) is 0 Å². The van der Waals surface area contributed by atoms with E-state index in [0.29, 0.717) is 0 Å². The van der Waals surface area contributed by atoms with Gasteiger partial charge in [-0.2, -0.15) is 0 Å². The highest BCUT2D eigenvalue weighted by Gasteiger charge is 2.24. The zero-order chi connectivity index (χ0) is 17.8. The molecular formula is C22H23NOSi. The molecule has 0 radical (unpaired) electrons. The molecule has 2 aromatic carbocycles. The molecule has 0 saturated carbocycles. The minimum atomic E-state index is -1.54. The second kappa shape index (κ2) is 5.56. The number of rotatable bonds is 2. The third kappa shape index (κ3) is 2.79. The lowest BCUT2D eigenvalue weighted by molar-refractivity contribution is 0.651. The topological polar surface area (TPSA) is 26.0 Å². The zero-order valence-electron chi connectivity index (χ0n) is 15.5. The lowest BCUT2D eigenvalue weighted by atomic mass is 10.0. The van der Waals surface area contributed by atoms with Gasteiger partial charge in [-0.05, 0) is 44.2 Å². The first-order chi connectivity index (χ1) is 11.8. The third-order valence-electron chi connectivity index (χ3n) is 4.60. The highest BCUT2D eigenvalue weighted by atomic mass is 28.3. The van der Waals surface area contributed by atoms with Crippen LogP contribution < -0.4 is 5.38 Å². The number of fused-ring (bicyclic) bond motifs is 3. The van der Waals surface area contributed by atoms with Gasteiger partial charge >= 0.3 is 0 Å². The van der Waals surface area contributed by atoms with Crippen LogP contribution in [0.15, 0.2) is 52.9 Å². The van der Waals surface area contributed by atoms with Gasteiger partial charge in [0.05, 0.1) is 16.6 Å². The smallest absolute Gasteiger partial charge is 0.145 e. The molecule has 0 N–H and O–H groups in total. The summed E-state index contributed by atoms with van der Waals surface area (Å²) in [4.78, 5) is 5.01. The fourth-order valence-electron chi connectivity index (χ4n) is 3.41. The number of pyridine rings is 1. The van der Waals surface area contributed by atoms with Gasteiger partial charge in [0.15, 0.2) is 0 Å². The molecule has 4 rings (SSSR count). The van der Waals surface area contributed by atoms with Crippen LogP contribution in [0.2, 0.25) is 19.6 Å². The Morgan fingerprint density at radius 1 is 0.840 bits per heavy atom. The van der Waals surface area contributed by atoms with Crippen molar-refractivity contribution in [1.29, 1.82) is 0 Å². The molecule has 0 aliphatic carbocycles. The summed E-state index contributed by atoms with van der Waals surface area (Å²) >= 11 is 0. The molecule has 126 valence electrons. The van der Waals surface area contributed by atoms with E-state index < -0.39 is 8.07 Å². The van der Waals surface area contributed by atoms with Gasteiger partial charge in [-0.3, -0.25) is 0 Å². The molecule has 4 aromatic rings. The van der Waals surface area contributed by atoms with E-state index in [1.54, 1.807) is 0 Å². The Labute approximate surface area is 149 Å². The first kappa shape index (κ1) is 16.1. The predicted octanol–water partition coefficient (Wildman–Crippen LogP) is 5.81. The van der Waals surface area contributed by atoms with Crippen LogP contribution in [0.4, 0.5) is 0 Å². The summed E-state index contributed by atoms with van der Waals surface area (Å²) < 4.78 is 6.39. The van der Waals surface area contributed by atoms with E-state index >= 15 is 0 Å². The molecule has 0 amide bonds. The van der Waals surface area contributed by atoms with E-state index in [1.807, 2.05) is 6.07 Å². The van der Waals surface area contributed by atoms with E-state index in [1.165, 1.54) is 11.1 Å². The fourth-order valence-corrected chi connectivity index (χ4v) is 4.40. The molecule has 0 aliphatic heterocycles. The minimum absolute atomic E-state index is 0.970. The Bertz CT molecular complexity index is 1080. The fraction of sp³-hybridized carbons (Fsp3) is 0.227. The molecule has 2 heterocycles. The number of hydrogen-bond acceptors (Lipinski definition) is 2. The molecule has 2 nitrogen and oxygen atoms in total. The molecule has 0 aliphatic rings. The molecule has 0 atom stereocenters. The number of nitrogens with zero attached hydrogens (tertiary/aromatic N) is 1. The van der Waals surface area contributed by atoms with Crippen molar-refractivity contribution in [2.45, 2.75) is 33.5 Å². The molecular weight excluding hydrogens is 322 g/mol. The number of para-hydroxylation sites is 1. The summed E-state index contributed by atoms with van der Waals surface area (Å²) in [5.74, 6) is 0. The number of aryl methyl sites for hydroxylation is 2. The van der Waals surface area contributed by atoms with E-state index in [9.17, 15) is 0 Å². The molecule has 0 unspecified atom stereocenters. The summed E-state index contributed by atoms with van der Waals surface area (Å²) in [6.45, 7) is 11.2.